The van der Waals surface area contributed by atoms with Gasteiger partial charge in [0.15, 0.2) is 0 Å². The van der Waals surface area contributed by atoms with Crippen LogP contribution >= 0.6 is 15.3 Å². The first-order chi connectivity index (χ1) is 2.27. The van der Waals surface area contributed by atoms with Crippen molar-refractivity contribution in [1.82, 2.24) is 0 Å². The van der Waals surface area contributed by atoms with Crippen LogP contribution in [-0.4, -0.2) is 28.6 Å². The monoisotopic (exact) mass is 176 g/mol. The molecule has 0 aromatic heterocycles. The van der Waals surface area contributed by atoms with E-state index in [0.29, 0.717) is 4.79 Å². The highest BCUT2D eigenvalue weighted by atomic mass is 79.9. The van der Waals surface area contributed by atoms with Crippen molar-refractivity contribution in [1.29, 1.82) is 0 Å². The summed E-state index contributed by atoms with van der Waals surface area (Å²) in [4.78, 5) is 0.440. The van der Waals surface area contributed by atoms with Gasteiger partial charge in [-0.1, -0.05) is 4.79 Å². The van der Waals surface area contributed by atoms with E-state index in [-0.39, 0.29) is 0 Å². The summed E-state index contributed by atoms with van der Waals surface area (Å²) < 4.78 is 0. The molecule has 0 spiro atoms. The second-order valence-corrected chi connectivity index (χ2v) is 5.60. The van der Waals surface area contributed by atoms with E-state index in [0.717, 1.165) is 8.14 Å². The van der Waals surface area contributed by atoms with Crippen LogP contribution in [0.3, 0.4) is 0 Å². The maximum atomic E-state index is 3.29. The average Bonchev–Trinajstić information content (AvgIpc) is 1.38. The van der Waals surface area contributed by atoms with Crippen LogP contribution in [0.15, 0.2) is 0 Å². The summed E-state index contributed by atoms with van der Waals surface area (Å²) in [5, 5.41) is 0. The van der Waals surface area contributed by atoms with Crippen LogP contribution in [0.25, 0.3) is 0 Å². The van der Waals surface area contributed by atoms with Crippen LogP contribution < -0.4 is 0 Å². The van der Waals surface area contributed by atoms with Gasteiger partial charge in [0.05, 0.1) is 0 Å². The van der Waals surface area contributed by atoms with E-state index in [4.69, 9.17) is 0 Å². The zero-order valence-electron chi connectivity index (χ0n) is 2.46. The Kier molecular flexibility index (Phi) is 4.08. The first-order valence-corrected chi connectivity index (χ1v) is 5.54. The largest absolute Gasteiger partial charge is 0.133 e. The van der Waals surface area contributed by atoms with Crippen molar-refractivity contribution in [3.8, 4) is 0 Å². The lowest BCUT2D eigenvalue weighted by Gasteiger charge is -1.85. The van der Waals surface area contributed by atoms with E-state index in [2.05, 4.69) is 35.8 Å². The lowest BCUT2D eigenvalue weighted by molar-refractivity contribution is 1.90. The normalized spacial score (nSPS) is 9.60. The SMILES string of the molecule is [Si]C([Si])[Si]Br. The molecule has 8 radical (unpaired) electrons. The summed E-state index contributed by atoms with van der Waals surface area (Å²) in [6.45, 7) is 0. The summed E-state index contributed by atoms with van der Waals surface area (Å²) in [6.07, 6.45) is 0. The first kappa shape index (κ1) is 6.13. The Morgan fingerprint density at radius 3 is 1.80 bits per heavy atom. The maximum absolute atomic E-state index is 3.29. The van der Waals surface area contributed by atoms with Crippen molar-refractivity contribution in [2.75, 3.05) is 0 Å². The molecule has 0 saturated carbocycles. The molecular weight excluding hydrogens is 176 g/mol. The Hall–Kier alpha value is 1.13. The van der Waals surface area contributed by atoms with Crippen LogP contribution in [-0.2, 0) is 0 Å². The molecule has 0 atom stereocenters. The Morgan fingerprint density at radius 1 is 1.60 bits per heavy atom. The molecule has 0 aliphatic rings. The van der Waals surface area contributed by atoms with E-state index in [1.165, 1.54) is 0 Å². The standard InChI is InChI=1S/CHBrSi3/c2-5-1(3)4/h1H. The molecule has 0 aliphatic heterocycles. The molecule has 0 saturated heterocycles. The second kappa shape index (κ2) is 3.33. The summed E-state index contributed by atoms with van der Waals surface area (Å²) in [5.74, 6) is 0. The molecule has 0 unspecified atom stereocenters. The van der Waals surface area contributed by atoms with Gasteiger partial charge in [-0.25, -0.2) is 0 Å². The summed E-state index contributed by atoms with van der Waals surface area (Å²) in [6, 6.07) is 0. The van der Waals surface area contributed by atoms with E-state index >= 15 is 0 Å². The third kappa shape index (κ3) is 5.13. The van der Waals surface area contributed by atoms with Crippen molar-refractivity contribution >= 4 is 43.9 Å². The Balaban J connectivity index is 2.54. The van der Waals surface area contributed by atoms with Gasteiger partial charge >= 0.3 is 0 Å². The van der Waals surface area contributed by atoms with Gasteiger partial charge in [0.25, 0.3) is 0 Å². The van der Waals surface area contributed by atoms with Gasteiger partial charge in [0.1, 0.15) is 8.14 Å². The predicted octanol–water partition coefficient (Wildman–Crippen LogP) is 0.0410. The molecule has 0 amide bonds. The predicted molar refractivity (Wildman–Crippen MR) is 29.9 cm³/mol. The minimum atomic E-state index is 0.440. The highest BCUT2D eigenvalue weighted by molar-refractivity contribution is 9.23. The fourth-order valence-corrected chi connectivity index (χ4v) is 0. The van der Waals surface area contributed by atoms with Crippen LogP contribution in [0.4, 0.5) is 0 Å². The lowest BCUT2D eigenvalue weighted by atomic mass is 11.8. The topological polar surface area (TPSA) is 0 Å². The van der Waals surface area contributed by atoms with E-state index in [9.17, 15) is 0 Å². The molecule has 0 aromatic rings. The molecule has 0 heterocycles. The molecule has 0 aliphatic carbocycles. The first-order valence-electron chi connectivity index (χ1n) is 1.06. The third-order valence-electron chi connectivity index (χ3n) is 0.109. The van der Waals surface area contributed by atoms with Gasteiger partial charge in [-0.15, -0.1) is 15.3 Å². The van der Waals surface area contributed by atoms with E-state index in [1.807, 2.05) is 0 Å². The number of halogens is 1. The number of rotatable bonds is 1. The molecule has 24 valence electrons. The minimum Gasteiger partial charge on any atom is -0.132 e. The Morgan fingerprint density at radius 2 is 1.80 bits per heavy atom. The van der Waals surface area contributed by atoms with Crippen molar-refractivity contribution in [3.05, 3.63) is 0 Å². The third-order valence-corrected chi connectivity index (χ3v) is 5.10. The molecule has 0 fully saturated rings. The number of hydrogen-bond acceptors (Lipinski definition) is 0. The maximum Gasteiger partial charge on any atom is 0.133 e. The average molecular weight is 177 g/mol. The quantitative estimate of drug-likeness (QED) is 0.392. The lowest BCUT2D eigenvalue weighted by Crippen LogP contribution is -1.92. The van der Waals surface area contributed by atoms with Crippen molar-refractivity contribution in [2.45, 2.75) is 4.79 Å². The zero-order valence-corrected chi connectivity index (χ0v) is 7.04. The zero-order chi connectivity index (χ0) is 4.28. The van der Waals surface area contributed by atoms with Crippen LogP contribution in [0.1, 0.15) is 0 Å². The smallest absolute Gasteiger partial charge is 0.132 e. The van der Waals surface area contributed by atoms with Gasteiger partial charge in [-0.3, -0.25) is 0 Å². The summed E-state index contributed by atoms with van der Waals surface area (Å²) in [7, 11) is 7.34. The molecule has 0 rings (SSSR count). The van der Waals surface area contributed by atoms with Crippen LogP contribution in [0, 0.1) is 0 Å². The van der Waals surface area contributed by atoms with E-state index in [1.54, 1.807) is 0 Å². The van der Waals surface area contributed by atoms with Gasteiger partial charge in [-0.2, -0.15) is 0 Å². The minimum absolute atomic E-state index is 0.440. The fourth-order valence-electron chi connectivity index (χ4n) is 0. The van der Waals surface area contributed by atoms with Crippen LogP contribution in [0.5, 0.6) is 0 Å². The molecule has 0 aromatic carbocycles. The molecule has 5 heavy (non-hydrogen) atoms. The Bertz CT molecular complexity index is 20.9. The summed E-state index contributed by atoms with van der Waals surface area (Å²) in [5.41, 5.74) is 0. The second-order valence-electron chi connectivity index (χ2n) is 0.542. The molecule has 0 N–H and O–H groups in total. The molecule has 4 heteroatoms. The molecule has 0 bridgehead atoms. The van der Waals surface area contributed by atoms with Gasteiger partial charge < -0.3 is 0 Å². The molecular formula is CHBrSi3. The fraction of sp³-hybridized carbons (Fsp3) is 1.00. The van der Waals surface area contributed by atoms with Gasteiger partial charge in [0.2, 0.25) is 0 Å². The van der Waals surface area contributed by atoms with Crippen LogP contribution in [0.2, 0.25) is 4.79 Å². The highest BCUT2D eigenvalue weighted by Gasteiger charge is 1.85. The van der Waals surface area contributed by atoms with Gasteiger partial charge in [-0.05, 0) is 0 Å². The summed E-state index contributed by atoms with van der Waals surface area (Å²) >= 11 is 3.24. The van der Waals surface area contributed by atoms with Crippen molar-refractivity contribution in [2.24, 2.45) is 0 Å². The highest BCUT2D eigenvalue weighted by Crippen LogP contribution is 1.88. The van der Waals surface area contributed by atoms with E-state index < -0.39 is 0 Å². The van der Waals surface area contributed by atoms with Crippen molar-refractivity contribution in [3.63, 3.8) is 0 Å². The number of hydrogen-bond donors (Lipinski definition) is 0. The van der Waals surface area contributed by atoms with Crippen molar-refractivity contribution < 1.29 is 0 Å². The Labute approximate surface area is 49.0 Å². The van der Waals surface area contributed by atoms with Gasteiger partial charge in [0, 0.05) is 20.5 Å². The molecule has 0 nitrogen and oxygen atoms in total.